The van der Waals surface area contributed by atoms with E-state index < -0.39 is 28.5 Å². The van der Waals surface area contributed by atoms with E-state index in [1.807, 2.05) is 61.5 Å². The second kappa shape index (κ2) is 16.6. The van der Waals surface area contributed by atoms with Gasteiger partial charge in [-0.05, 0) is 73.0 Å². The minimum Gasteiger partial charge on any atom is -0.492 e. The number of carbonyl (C=O) groups is 2. The van der Waals surface area contributed by atoms with Crippen LogP contribution < -0.4 is 14.4 Å². The van der Waals surface area contributed by atoms with Crippen LogP contribution in [0.15, 0.2) is 112 Å². The van der Waals surface area contributed by atoms with Crippen molar-refractivity contribution in [3.63, 3.8) is 0 Å². The Balaban J connectivity index is 1.82. The molecule has 1 N–H and O–H groups in total. The number of hydrogen-bond donors (Lipinski definition) is 1. The van der Waals surface area contributed by atoms with Crippen molar-refractivity contribution in [1.82, 2.24) is 10.2 Å². The van der Waals surface area contributed by atoms with Crippen molar-refractivity contribution >= 4 is 55.1 Å². The molecule has 0 saturated carbocycles. The Labute approximate surface area is 284 Å². The van der Waals surface area contributed by atoms with E-state index in [1.54, 1.807) is 31.2 Å². The monoisotopic (exact) mass is 725 g/mol. The number of halogens is 2. The largest absolute Gasteiger partial charge is 0.492 e. The fraction of sp³-hybridized carbons (Fsp3) is 0.257. The molecule has 0 aromatic heterocycles. The van der Waals surface area contributed by atoms with Crippen LogP contribution >= 0.6 is 27.5 Å². The lowest BCUT2D eigenvalue weighted by Gasteiger charge is -2.34. The number of para-hydroxylation sites is 2. The minimum absolute atomic E-state index is 0.0445. The molecule has 0 aliphatic heterocycles. The molecule has 0 heterocycles. The van der Waals surface area contributed by atoms with E-state index in [-0.39, 0.29) is 36.1 Å². The van der Waals surface area contributed by atoms with Crippen LogP contribution in [0.2, 0.25) is 5.02 Å². The van der Waals surface area contributed by atoms with Crippen molar-refractivity contribution in [2.75, 3.05) is 24.0 Å². The molecular formula is C35H37BrClN3O5S. The number of sulfonamides is 1. The van der Waals surface area contributed by atoms with Crippen LogP contribution in [0, 0.1) is 0 Å². The van der Waals surface area contributed by atoms with Gasteiger partial charge in [0.15, 0.2) is 0 Å². The van der Waals surface area contributed by atoms with Gasteiger partial charge in [-0.1, -0.05) is 89.1 Å². The molecule has 4 aromatic carbocycles. The van der Waals surface area contributed by atoms with E-state index in [4.69, 9.17) is 16.3 Å². The highest BCUT2D eigenvalue weighted by atomic mass is 79.9. The summed E-state index contributed by atoms with van der Waals surface area (Å²) in [4.78, 5) is 29.8. The van der Waals surface area contributed by atoms with Gasteiger partial charge in [0.25, 0.3) is 10.0 Å². The van der Waals surface area contributed by atoms with Gasteiger partial charge < -0.3 is 15.0 Å². The summed E-state index contributed by atoms with van der Waals surface area (Å²) in [5.41, 5.74) is 1.84. The maximum absolute atomic E-state index is 14.6. The average Bonchev–Trinajstić information content (AvgIpc) is 3.06. The van der Waals surface area contributed by atoms with E-state index in [0.29, 0.717) is 23.7 Å². The van der Waals surface area contributed by atoms with Crippen LogP contribution in [0.5, 0.6) is 5.75 Å². The van der Waals surface area contributed by atoms with E-state index in [0.717, 1.165) is 19.9 Å². The molecule has 242 valence electrons. The Hall–Kier alpha value is -3.86. The zero-order chi connectivity index (χ0) is 33.1. The predicted octanol–water partition coefficient (Wildman–Crippen LogP) is 6.86. The summed E-state index contributed by atoms with van der Waals surface area (Å²) in [5, 5.41) is 3.32. The Morgan fingerprint density at radius 2 is 1.52 bits per heavy atom. The number of nitrogens with zero attached hydrogens (tertiary/aromatic N) is 2. The van der Waals surface area contributed by atoms with Gasteiger partial charge in [0.1, 0.15) is 18.3 Å². The Bertz CT molecular complexity index is 1700. The number of carbonyl (C=O) groups excluding carboxylic acids is 2. The molecule has 8 nitrogen and oxygen atoms in total. The van der Waals surface area contributed by atoms with Crippen LogP contribution in [0.25, 0.3) is 0 Å². The molecule has 0 aliphatic carbocycles. The number of nitrogens with one attached hydrogen (secondary N) is 1. The summed E-state index contributed by atoms with van der Waals surface area (Å²) in [6.45, 7) is 3.95. The SMILES string of the molecule is CCCNC(=O)C(Cc1ccccc1)N(Cc1ccc(Br)cc1)C(=O)CN(c1ccccc1OCC)S(=O)(=O)c1ccc(Cl)cc1. The van der Waals surface area contributed by atoms with Crippen LogP contribution in [0.4, 0.5) is 5.69 Å². The summed E-state index contributed by atoms with van der Waals surface area (Å²) in [6.07, 6.45) is 0.948. The predicted molar refractivity (Wildman–Crippen MR) is 186 cm³/mol. The third-order valence-corrected chi connectivity index (χ3v) is 9.76. The molecule has 0 radical (unpaired) electrons. The summed E-state index contributed by atoms with van der Waals surface area (Å²) in [5.74, 6) is -0.575. The van der Waals surface area contributed by atoms with Crippen molar-refractivity contribution in [3.05, 3.63) is 124 Å². The van der Waals surface area contributed by atoms with E-state index in [1.165, 1.54) is 29.2 Å². The summed E-state index contributed by atoms with van der Waals surface area (Å²) >= 11 is 9.53. The van der Waals surface area contributed by atoms with Crippen molar-refractivity contribution < 1.29 is 22.7 Å². The lowest BCUT2D eigenvalue weighted by molar-refractivity contribution is -0.140. The molecule has 1 unspecified atom stereocenters. The molecular weight excluding hydrogens is 690 g/mol. The molecule has 0 bridgehead atoms. The fourth-order valence-electron chi connectivity index (χ4n) is 4.89. The van der Waals surface area contributed by atoms with Gasteiger partial charge in [0.2, 0.25) is 11.8 Å². The number of benzene rings is 4. The van der Waals surface area contributed by atoms with Gasteiger partial charge in [-0.3, -0.25) is 13.9 Å². The first-order valence-electron chi connectivity index (χ1n) is 15.0. The first kappa shape index (κ1) is 35.0. The zero-order valence-corrected chi connectivity index (χ0v) is 28.9. The molecule has 0 aliphatic rings. The smallest absolute Gasteiger partial charge is 0.264 e. The summed E-state index contributed by atoms with van der Waals surface area (Å²) in [7, 11) is -4.30. The highest BCUT2D eigenvalue weighted by Crippen LogP contribution is 2.33. The lowest BCUT2D eigenvalue weighted by atomic mass is 10.0. The van der Waals surface area contributed by atoms with E-state index in [9.17, 15) is 18.0 Å². The van der Waals surface area contributed by atoms with Crippen molar-refractivity contribution in [3.8, 4) is 5.75 Å². The third kappa shape index (κ3) is 9.11. The Morgan fingerprint density at radius 1 is 0.870 bits per heavy atom. The van der Waals surface area contributed by atoms with Crippen LogP contribution in [0.3, 0.4) is 0 Å². The lowest BCUT2D eigenvalue weighted by Crippen LogP contribution is -2.53. The first-order valence-corrected chi connectivity index (χ1v) is 17.6. The van der Waals surface area contributed by atoms with Crippen LogP contribution in [0.1, 0.15) is 31.4 Å². The summed E-state index contributed by atoms with van der Waals surface area (Å²) < 4.78 is 36.2. The van der Waals surface area contributed by atoms with Crippen molar-refractivity contribution in [2.45, 2.75) is 44.2 Å². The van der Waals surface area contributed by atoms with Crippen LogP contribution in [-0.4, -0.2) is 50.9 Å². The van der Waals surface area contributed by atoms with Crippen LogP contribution in [-0.2, 0) is 32.6 Å². The summed E-state index contributed by atoms with van der Waals surface area (Å²) in [6, 6.07) is 28.4. The molecule has 4 rings (SSSR count). The number of rotatable bonds is 15. The maximum Gasteiger partial charge on any atom is 0.264 e. The number of amides is 2. The second-order valence-electron chi connectivity index (χ2n) is 10.5. The van der Waals surface area contributed by atoms with Gasteiger partial charge in [-0.25, -0.2) is 8.42 Å². The highest BCUT2D eigenvalue weighted by molar-refractivity contribution is 9.10. The van der Waals surface area contributed by atoms with Gasteiger partial charge in [0, 0.05) is 29.0 Å². The third-order valence-electron chi connectivity index (χ3n) is 7.20. The Morgan fingerprint density at radius 3 is 2.17 bits per heavy atom. The van der Waals surface area contributed by atoms with Gasteiger partial charge in [0.05, 0.1) is 17.2 Å². The second-order valence-corrected chi connectivity index (χ2v) is 13.7. The number of hydrogen-bond acceptors (Lipinski definition) is 5. The first-order chi connectivity index (χ1) is 22.1. The fourth-order valence-corrected chi connectivity index (χ4v) is 6.71. The van der Waals surface area contributed by atoms with Gasteiger partial charge in [-0.15, -0.1) is 0 Å². The molecule has 1 atom stereocenters. The molecule has 0 spiro atoms. The number of ether oxygens (including phenoxy) is 1. The molecule has 11 heteroatoms. The molecule has 0 fully saturated rings. The molecule has 4 aromatic rings. The minimum atomic E-state index is -4.30. The van der Waals surface area contributed by atoms with E-state index >= 15 is 0 Å². The van der Waals surface area contributed by atoms with Crippen molar-refractivity contribution in [2.24, 2.45) is 0 Å². The topological polar surface area (TPSA) is 96.0 Å². The van der Waals surface area contributed by atoms with Gasteiger partial charge >= 0.3 is 0 Å². The zero-order valence-electron chi connectivity index (χ0n) is 25.7. The number of anilines is 1. The Kier molecular flexibility index (Phi) is 12.7. The average molecular weight is 727 g/mol. The normalized spacial score (nSPS) is 11.8. The quantitative estimate of drug-likeness (QED) is 0.145. The van der Waals surface area contributed by atoms with Gasteiger partial charge in [-0.2, -0.15) is 0 Å². The van der Waals surface area contributed by atoms with Crippen molar-refractivity contribution in [1.29, 1.82) is 0 Å². The standard InChI is InChI=1S/C35H37BrClN3O5S/c1-3-22-38-35(42)32(23-26-10-6-5-7-11-26)39(24-27-14-16-28(36)17-15-27)34(41)25-40(31-12-8-9-13-33(31)45-4-2)46(43,44)30-20-18-29(37)19-21-30/h5-21,32H,3-4,22-25H2,1-2H3,(H,38,42). The molecule has 46 heavy (non-hydrogen) atoms. The van der Waals surface area contributed by atoms with E-state index in [2.05, 4.69) is 21.2 Å². The highest BCUT2D eigenvalue weighted by Gasteiger charge is 2.35. The maximum atomic E-state index is 14.6. The molecule has 2 amide bonds. The molecule has 0 saturated heterocycles.